The van der Waals surface area contributed by atoms with Gasteiger partial charge in [-0.05, 0) is 0 Å². The molecule has 0 bridgehead atoms. The molecule has 0 N–H and O–H groups in total. The minimum absolute atomic E-state index is 0.502. The molecule has 3 heteroatoms. The van der Waals surface area contributed by atoms with Crippen LogP contribution in [0.3, 0.4) is 0 Å². The Bertz CT molecular complexity index is 2240. The van der Waals surface area contributed by atoms with E-state index in [1.54, 1.807) is 23.0 Å². The fraction of sp³-hybridized carbons (Fsp3) is 0.447. The van der Waals surface area contributed by atoms with Gasteiger partial charge in [0.15, 0.2) is 0 Å². The molecule has 0 saturated heterocycles. The van der Waals surface area contributed by atoms with Crippen LogP contribution in [0, 0.1) is 0 Å². The molecule has 0 fully saturated rings. The van der Waals surface area contributed by atoms with Crippen LogP contribution >= 0.6 is 11.3 Å². The summed E-state index contributed by atoms with van der Waals surface area (Å²) in [4.78, 5) is 1.52. The van der Waals surface area contributed by atoms with Gasteiger partial charge in [0.25, 0.3) is 0 Å². The van der Waals surface area contributed by atoms with Gasteiger partial charge in [0.2, 0.25) is 0 Å². The van der Waals surface area contributed by atoms with E-state index >= 15 is 0 Å². The van der Waals surface area contributed by atoms with Gasteiger partial charge in [0, 0.05) is 0 Å². The van der Waals surface area contributed by atoms with E-state index in [0.717, 1.165) is 6.42 Å². The fourth-order valence-electron chi connectivity index (χ4n) is 8.48. The van der Waals surface area contributed by atoms with Crippen LogP contribution in [-0.2, 0) is 19.3 Å². The van der Waals surface area contributed by atoms with E-state index < -0.39 is 0 Å². The first-order valence-electron chi connectivity index (χ1n) is 20.1. The Morgan fingerprint density at radius 3 is 1.56 bits per heavy atom. The van der Waals surface area contributed by atoms with Crippen molar-refractivity contribution in [3.63, 3.8) is 0 Å². The molecule has 0 atom stereocenters. The molecule has 3 aromatic heterocycles. The summed E-state index contributed by atoms with van der Waals surface area (Å²) in [5.74, 6) is 0. The molecular formula is C47H54SSe2. The van der Waals surface area contributed by atoms with Crippen molar-refractivity contribution in [2.24, 2.45) is 0 Å². The topological polar surface area (TPSA) is 0 Å². The molecule has 7 aromatic rings. The van der Waals surface area contributed by atoms with E-state index in [1.165, 1.54) is 174 Å². The van der Waals surface area contributed by atoms with Gasteiger partial charge in [0.05, 0.1) is 0 Å². The van der Waals surface area contributed by atoms with Crippen LogP contribution in [0.1, 0.15) is 137 Å². The first kappa shape index (κ1) is 34.9. The number of benzene rings is 4. The Morgan fingerprint density at radius 2 is 0.980 bits per heavy atom. The molecule has 0 radical (unpaired) electrons. The van der Waals surface area contributed by atoms with Crippen LogP contribution in [-0.4, -0.2) is 29.0 Å². The third kappa shape index (κ3) is 7.65. The molecule has 8 rings (SSSR count). The van der Waals surface area contributed by atoms with Gasteiger partial charge in [-0.15, -0.1) is 0 Å². The Hall–Kier alpha value is -2.12. The average Bonchev–Trinajstić information content (AvgIpc) is 3.88. The quantitative estimate of drug-likeness (QED) is 0.0598. The van der Waals surface area contributed by atoms with Crippen LogP contribution in [0.2, 0.25) is 0 Å². The predicted octanol–water partition coefficient (Wildman–Crippen LogP) is 14.6. The Labute approximate surface area is 316 Å². The molecule has 4 aromatic carbocycles. The number of fused-ring (bicyclic) bond motifs is 9. The van der Waals surface area contributed by atoms with Gasteiger partial charge < -0.3 is 0 Å². The van der Waals surface area contributed by atoms with E-state index in [1.807, 2.05) is 11.3 Å². The molecule has 0 spiro atoms. The first-order chi connectivity index (χ1) is 24.7. The van der Waals surface area contributed by atoms with E-state index in [9.17, 15) is 0 Å². The number of hydrogen-bond donors (Lipinski definition) is 0. The van der Waals surface area contributed by atoms with Crippen molar-refractivity contribution in [1.29, 1.82) is 0 Å². The van der Waals surface area contributed by atoms with E-state index in [-0.39, 0.29) is 0 Å². The second-order valence-corrected chi connectivity index (χ2v) is 21.2. The van der Waals surface area contributed by atoms with Crippen LogP contribution in [0.25, 0.3) is 61.4 Å². The number of unbranched alkanes of at least 4 members (excludes halogenated alkanes) is 14. The fourth-order valence-corrected chi connectivity index (χ4v) is 14.5. The number of aryl methyl sites for hydroxylation is 2. The molecule has 0 amide bonds. The summed E-state index contributed by atoms with van der Waals surface area (Å²) in [5.41, 5.74) is 4.59. The average molecular weight is 809 g/mol. The van der Waals surface area contributed by atoms with Crippen molar-refractivity contribution >= 4 is 91.3 Å². The molecule has 0 nitrogen and oxygen atoms in total. The van der Waals surface area contributed by atoms with Crippen LogP contribution in [0.5, 0.6) is 0 Å². The Morgan fingerprint density at radius 1 is 0.480 bits per heavy atom. The van der Waals surface area contributed by atoms with Gasteiger partial charge in [-0.25, -0.2) is 0 Å². The number of hydrogen-bond acceptors (Lipinski definition) is 1. The second-order valence-electron chi connectivity index (χ2n) is 15.3. The van der Waals surface area contributed by atoms with Crippen molar-refractivity contribution in [1.82, 2.24) is 0 Å². The van der Waals surface area contributed by atoms with Gasteiger partial charge >= 0.3 is 318 Å². The molecule has 0 unspecified atom stereocenters. The SMILES string of the molecule is CCCCCCCCCCc1cc2cc3cc4c(cc3cc2[se]1)Cc1c-4sc2cc3cc4[se]c(CCCCCCCCCC)cc4cc3cc12. The molecule has 1 aliphatic carbocycles. The zero-order chi connectivity index (χ0) is 33.9. The molecular weight excluding hydrogens is 755 g/mol. The normalized spacial score (nSPS) is 12.8. The summed E-state index contributed by atoms with van der Waals surface area (Å²) in [6.45, 7) is 4.61. The number of thiophene rings is 1. The van der Waals surface area contributed by atoms with Crippen molar-refractivity contribution in [3.05, 3.63) is 80.7 Å². The van der Waals surface area contributed by atoms with Crippen LogP contribution < -0.4 is 0 Å². The van der Waals surface area contributed by atoms with Crippen LogP contribution in [0.4, 0.5) is 0 Å². The molecule has 3 heterocycles. The van der Waals surface area contributed by atoms with Gasteiger partial charge in [-0.3, -0.25) is 0 Å². The van der Waals surface area contributed by atoms with E-state index in [2.05, 4.69) is 74.5 Å². The first-order valence-corrected chi connectivity index (χ1v) is 24.3. The summed E-state index contributed by atoms with van der Waals surface area (Å²) < 4.78 is 8.09. The van der Waals surface area contributed by atoms with Gasteiger partial charge in [-0.1, -0.05) is 0 Å². The number of rotatable bonds is 18. The molecule has 50 heavy (non-hydrogen) atoms. The molecule has 0 saturated carbocycles. The standard InChI is InChI=1S/C47H54SSe2/c1-3-5-7-9-11-13-15-17-19-39-24-37-22-32-26-41-36(21-34(32)30-45(37)49-39)28-43-42-27-33-23-38-25-40(20-18-16-14-12-10-8-6-4-2)50-46(38)31-35(33)29-44(42)48-47(41)43/h21-27,29-31H,3-20,28H2,1-2H3. The monoisotopic (exact) mass is 810 g/mol. The van der Waals surface area contributed by atoms with Gasteiger partial charge in [0.1, 0.15) is 0 Å². The third-order valence-electron chi connectivity index (χ3n) is 11.3. The van der Waals surface area contributed by atoms with Crippen molar-refractivity contribution in [2.75, 3.05) is 0 Å². The minimum atomic E-state index is 0.502. The summed E-state index contributed by atoms with van der Waals surface area (Å²) >= 11 is 3.04. The van der Waals surface area contributed by atoms with Gasteiger partial charge in [-0.2, -0.15) is 0 Å². The Kier molecular flexibility index (Phi) is 11.4. The molecule has 260 valence electrons. The molecule has 1 aliphatic rings. The summed E-state index contributed by atoms with van der Waals surface area (Å²) in [7, 11) is 0. The van der Waals surface area contributed by atoms with Crippen molar-refractivity contribution in [2.45, 2.75) is 136 Å². The summed E-state index contributed by atoms with van der Waals surface area (Å²) in [5, 5.41) is 10.2. The third-order valence-corrected chi connectivity index (χ3v) is 17.4. The van der Waals surface area contributed by atoms with Crippen molar-refractivity contribution in [3.8, 4) is 10.4 Å². The summed E-state index contributed by atoms with van der Waals surface area (Å²) in [6.07, 6.45) is 26.1. The Balaban J connectivity index is 0.963. The zero-order valence-electron chi connectivity index (χ0n) is 30.4. The predicted molar refractivity (Wildman–Crippen MR) is 227 cm³/mol. The van der Waals surface area contributed by atoms with E-state index in [4.69, 9.17) is 0 Å². The zero-order valence-corrected chi connectivity index (χ0v) is 34.7. The maximum absolute atomic E-state index is 2.55. The van der Waals surface area contributed by atoms with Crippen LogP contribution in [0.15, 0.2) is 60.7 Å². The second kappa shape index (κ2) is 16.3. The molecule has 0 aliphatic heterocycles. The maximum atomic E-state index is 2.55. The summed E-state index contributed by atoms with van der Waals surface area (Å²) in [6, 6.07) is 25.3. The van der Waals surface area contributed by atoms with E-state index in [0.29, 0.717) is 29.0 Å². The van der Waals surface area contributed by atoms with Crippen molar-refractivity contribution < 1.29 is 0 Å².